The number of pyridine rings is 1. The van der Waals surface area contributed by atoms with Crippen molar-refractivity contribution >= 4 is 11.9 Å². The lowest BCUT2D eigenvalue weighted by atomic mass is 10.2. The Kier molecular flexibility index (Phi) is 2.82. The third kappa shape index (κ3) is 2.27. The molecule has 0 aromatic carbocycles. The Labute approximate surface area is 97.4 Å². The first-order valence-corrected chi connectivity index (χ1v) is 4.86. The van der Waals surface area contributed by atoms with Crippen molar-refractivity contribution in [1.82, 2.24) is 19.9 Å². The van der Waals surface area contributed by atoms with Crippen LogP contribution in [0.5, 0.6) is 0 Å². The van der Waals surface area contributed by atoms with E-state index in [1.165, 1.54) is 12.3 Å². The van der Waals surface area contributed by atoms with Gasteiger partial charge in [0.2, 0.25) is 11.9 Å². The van der Waals surface area contributed by atoms with Gasteiger partial charge in [0.25, 0.3) is 0 Å². The highest BCUT2D eigenvalue weighted by atomic mass is 19.1. The summed E-state index contributed by atoms with van der Waals surface area (Å²) in [6, 6.07) is 1.49. The number of hydrogen-bond acceptors (Lipinski definition) is 6. The Morgan fingerprint density at radius 1 is 1.24 bits per heavy atom. The van der Waals surface area contributed by atoms with Crippen LogP contribution in [0, 0.1) is 5.82 Å². The Morgan fingerprint density at radius 3 is 2.65 bits per heavy atom. The van der Waals surface area contributed by atoms with Gasteiger partial charge < -0.3 is 10.6 Å². The van der Waals surface area contributed by atoms with Gasteiger partial charge in [0.15, 0.2) is 11.6 Å². The first-order valence-electron chi connectivity index (χ1n) is 4.86. The van der Waals surface area contributed by atoms with Gasteiger partial charge in [0.1, 0.15) is 0 Å². The number of nitrogens with zero attached hydrogens (tertiary/aromatic N) is 5. The Bertz CT molecular complexity index is 542. The minimum Gasteiger partial charge on any atom is -0.368 e. The summed E-state index contributed by atoms with van der Waals surface area (Å²) in [7, 11) is 3.53. The van der Waals surface area contributed by atoms with E-state index < -0.39 is 5.82 Å². The quantitative estimate of drug-likeness (QED) is 0.824. The molecule has 0 aliphatic carbocycles. The molecule has 0 radical (unpaired) electrons. The topological polar surface area (TPSA) is 80.8 Å². The number of halogens is 1. The first-order chi connectivity index (χ1) is 8.08. The highest BCUT2D eigenvalue weighted by Crippen LogP contribution is 2.19. The molecule has 0 saturated heterocycles. The van der Waals surface area contributed by atoms with Crippen molar-refractivity contribution in [2.45, 2.75) is 0 Å². The van der Waals surface area contributed by atoms with Crippen molar-refractivity contribution in [3.63, 3.8) is 0 Å². The summed E-state index contributed by atoms with van der Waals surface area (Å²) in [4.78, 5) is 17.3. The predicted molar refractivity (Wildman–Crippen MR) is 61.8 cm³/mol. The normalized spacial score (nSPS) is 10.3. The highest BCUT2D eigenvalue weighted by molar-refractivity contribution is 5.57. The molecule has 0 bridgehead atoms. The van der Waals surface area contributed by atoms with Crippen LogP contribution in [-0.2, 0) is 0 Å². The molecule has 0 aliphatic rings. The number of nitrogen functional groups attached to an aromatic ring is 1. The molecule has 0 atom stereocenters. The Morgan fingerprint density at radius 2 is 2.00 bits per heavy atom. The van der Waals surface area contributed by atoms with Gasteiger partial charge in [0.05, 0.1) is 11.8 Å². The van der Waals surface area contributed by atoms with E-state index in [2.05, 4.69) is 19.9 Å². The van der Waals surface area contributed by atoms with E-state index in [0.29, 0.717) is 5.95 Å². The van der Waals surface area contributed by atoms with Crippen molar-refractivity contribution in [1.29, 1.82) is 0 Å². The van der Waals surface area contributed by atoms with Gasteiger partial charge >= 0.3 is 0 Å². The van der Waals surface area contributed by atoms with Crippen LogP contribution in [0.25, 0.3) is 11.4 Å². The second-order valence-electron chi connectivity index (χ2n) is 3.57. The maximum absolute atomic E-state index is 13.5. The van der Waals surface area contributed by atoms with E-state index in [1.807, 2.05) is 0 Å². The summed E-state index contributed by atoms with van der Waals surface area (Å²) >= 11 is 0. The zero-order valence-electron chi connectivity index (χ0n) is 9.42. The van der Waals surface area contributed by atoms with Crippen molar-refractivity contribution in [2.75, 3.05) is 24.7 Å². The van der Waals surface area contributed by atoms with Gasteiger partial charge in [-0.2, -0.15) is 15.0 Å². The van der Waals surface area contributed by atoms with Gasteiger partial charge in [0, 0.05) is 20.3 Å². The molecule has 2 aromatic heterocycles. The lowest BCUT2D eigenvalue weighted by Gasteiger charge is -2.11. The number of anilines is 2. The smallest absolute Gasteiger partial charge is 0.230 e. The highest BCUT2D eigenvalue weighted by Gasteiger charge is 2.11. The van der Waals surface area contributed by atoms with Gasteiger partial charge in [-0.15, -0.1) is 0 Å². The van der Waals surface area contributed by atoms with E-state index in [-0.39, 0.29) is 17.3 Å². The van der Waals surface area contributed by atoms with E-state index >= 15 is 0 Å². The van der Waals surface area contributed by atoms with Crippen LogP contribution in [0.3, 0.4) is 0 Å². The monoisotopic (exact) mass is 234 g/mol. The molecule has 2 heterocycles. The van der Waals surface area contributed by atoms with E-state index in [1.54, 1.807) is 19.0 Å². The Hall–Kier alpha value is -2.31. The zero-order valence-corrected chi connectivity index (χ0v) is 9.42. The molecule has 0 amide bonds. The molecule has 6 nitrogen and oxygen atoms in total. The van der Waals surface area contributed by atoms with Crippen LogP contribution in [-0.4, -0.2) is 34.0 Å². The lowest BCUT2D eigenvalue weighted by Crippen LogP contribution is -2.15. The zero-order chi connectivity index (χ0) is 12.4. The first kappa shape index (κ1) is 11.2. The average Bonchev–Trinajstić information content (AvgIpc) is 2.28. The molecule has 2 rings (SSSR count). The van der Waals surface area contributed by atoms with Gasteiger partial charge in [-0.1, -0.05) is 0 Å². The molecule has 0 aliphatic heterocycles. The Balaban J connectivity index is 2.56. The number of nitrogens with two attached hydrogens (primary N) is 1. The van der Waals surface area contributed by atoms with Gasteiger partial charge in [-0.05, 0) is 6.07 Å². The molecule has 0 spiro atoms. The standard InChI is InChI=1S/C10H11FN6/c1-17(2)10-15-8(14-9(12)16-10)6-3-4-13-5-7(6)11/h3-5H,1-2H3,(H2,12,14,15,16). The predicted octanol–water partition coefficient (Wildman–Crippen LogP) is 0.721. The fraction of sp³-hybridized carbons (Fsp3) is 0.200. The van der Waals surface area contributed by atoms with Crippen molar-refractivity contribution in [2.24, 2.45) is 0 Å². The summed E-state index contributed by atoms with van der Waals surface area (Å²) in [5, 5.41) is 0. The minimum atomic E-state index is -0.497. The SMILES string of the molecule is CN(C)c1nc(N)nc(-c2ccncc2F)n1. The maximum atomic E-state index is 13.5. The minimum absolute atomic E-state index is 0.0508. The summed E-state index contributed by atoms with van der Waals surface area (Å²) < 4.78 is 13.5. The molecule has 2 N–H and O–H groups in total. The maximum Gasteiger partial charge on any atom is 0.230 e. The molecular formula is C10H11FN6. The molecule has 0 unspecified atom stereocenters. The largest absolute Gasteiger partial charge is 0.368 e. The van der Waals surface area contributed by atoms with Crippen molar-refractivity contribution in [3.05, 3.63) is 24.3 Å². The molecule has 2 aromatic rings. The van der Waals surface area contributed by atoms with Crippen LogP contribution < -0.4 is 10.6 Å². The molecule has 17 heavy (non-hydrogen) atoms. The number of aromatic nitrogens is 4. The fourth-order valence-electron chi connectivity index (χ4n) is 1.26. The van der Waals surface area contributed by atoms with E-state index in [4.69, 9.17) is 5.73 Å². The van der Waals surface area contributed by atoms with Crippen LogP contribution in [0.2, 0.25) is 0 Å². The van der Waals surface area contributed by atoms with Gasteiger partial charge in [-0.3, -0.25) is 4.98 Å². The summed E-state index contributed by atoms with van der Waals surface area (Å²) in [5.74, 6) is 0.127. The number of rotatable bonds is 2. The second-order valence-corrected chi connectivity index (χ2v) is 3.57. The van der Waals surface area contributed by atoms with E-state index in [0.717, 1.165) is 6.20 Å². The third-order valence-electron chi connectivity index (χ3n) is 2.05. The average molecular weight is 234 g/mol. The van der Waals surface area contributed by atoms with Crippen LogP contribution in [0.1, 0.15) is 0 Å². The molecular weight excluding hydrogens is 223 g/mol. The van der Waals surface area contributed by atoms with Crippen LogP contribution in [0.4, 0.5) is 16.3 Å². The lowest BCUT2D eigenvalue weighted by molar-refractivity contribution is 0.623. The third-order valence-corrected chi connectivity index (χ3v) is 2.05. The summed E-state index contributed by atoms with van der Waals surface area (Å²) in [6.07, 6.45) is 2.57. The van der Waals surface area contributed by atoms with Crippen LogP contribution >= 0.6 is 0 Å². The molecule has 0 saturated carbocycles. The molecule has 7 heteroatoms. The number of hydrogen-bond donors (Lipinski definition) is 1. The van der Waals surface area contributed by atoms with Crippen molar-refractivity contribution in [3.8, 4) is 11.4 Å². The summed E-state index contributed by atoms with van der Waals surface area (Å²) in [5.41, 5.74) is 5.81. The van der Waals surface area contributed by atoms with E-state index in [9.17, 15) is 4.39 Å². The van der Waals surface area contributed by atoms with Crippen molar-refractivity contribution < 1.29 is 4.39 Å². The summed E-state index contributed by atoms with van der Waals surface area (Å²) in [6.45, 7) is 0. The second kappa shape index (κ2) is 4.28. The van der Waals surface area contributed by atoms with Gasteiger partial charge in [-0.25, -0.2) is 4.39 Å². The van der Waals surface area contributed by atoms with Crippen LogP contribution in [0.15, 0.2) is 18.5 Å². The molecule has 88 valence electrons. The fourth-order valence-corrected chi connectivity index (χ4v) is 1.26. The molecule has 0 fully saturated rings.